The molecule has 0 aliphatic carbocycles. The van der Waals surface area contributed by atoms with E-state index in [1.165, 1.54) is 6.42 Å². The highest BCUT2D eigenvalue weighted by atomic mass is 32.1. The van der Waals surface area contributed by atoms with Crippen molar-refractivity contribution in [3.05, 3.63) is 9.02 Å². The van der Waals surface area contributed by atoms with Crippen molar-refractivity contribution < 1.29 is 1.43 Å². The Balaban J connectivity index is 0.00000324. The van der Waals surface area contributed by atoms with E-state index in [1.54, 1.807) is 0 Å². The van der Waals surface area contributed by atoms with E-state index in [1.807, 2.05) is 0 Å². The Morgan fingerprint density at radius 2 is 1.83 bits per heavy atom. The largest absolute Gasteiger partial charge is 0.382 e. The van der Waals surface area contributed by atoms with Crippen LogP contribution in [0.25, 0.3) is 0 Å². The summed E-state index contributed by atoms with van der Waals surface area (Å²) >= 11 is 10.6. The predicted molar refractivity (Wildman–Crippen MR) is 88.7 cm³/mol. The van der Waals surface area contributed by atoms with Gasteiger partial charge in [0.1, 0.15) is 0 Å². The van der Waals surface area contributed by atoms with Crippen LogP contribution in [-0.2, 0) is 0 Å². The molecule has 0 saturated carbocycles. The zero-order chi connectivity index (χ0) is 13.9. The van der Waals surface area contributed by atoms with Gasteiger partial charge in [-0.05, 0) is 25.2 Å². The van der Waals surface area contributed by atoms with Crippen LogP contribution in [0.3, 0.4) is 0 Å². The zero-order valence-electron chi connectivity index (χ0n) is 12.1. The molecule has 1 N–H and O–H groups in total. The van der Waals surface area contributed by atoms with Gasteiger partial charge in [-0.25, -0.2) is 0 Å². The van der Waals surface area contributed by atoms with Crippen LogP contribution >= 0.6 is 24.4 Å². The molecule has 0 fully saturated rings. The minimum absolute atomic E-state index is 0. The van der Waals surface area contributed by atoms with Gasteiger partial charge in [-0.3, -0.25) is 0 Å². The average Bonchev–Trinajstić information content (AvgIpc) is 2.29. The zero-order valence-corrected chi connectivity index (χ0v) is 13.7. The summed E-state index contributed by atoms with van der Waals surface area (Å²) in [4.78, 5) is 2.16. The third kappa shape index (κ3) is 3.75. The molecular weight excluding hydrogens is 260 g/mol. The molecule has 1 aromatic carbocycles. The van der Waals surface area contributed by atoms with E-state index in [2.05, 4.69) is 45.0 Å². The number of anilines is 2. The summed E-state index contributed by atoms with van der Waals surface area (Å²) in [6, 6.07) is 0. The lowest BCUT2D eigenvalue weighted by Gasteiger charge is -2.25. The van der Waals surface area contributed by atoms with Gasteiger partial charge in [0.05, 0.1) is 20.4 Å². The lowest BCUT2D eigenvalue weighted by Crippen LogP contribution is -2.21. The highest BCUT2D eigenvalue weighted by Gasteiger charge is 2.17. The number of rotatable bonds is 6. The molecule has 104 valence electrons. The van der Waals surface area contributed by atoms with Gasteiger partial charge in [-0.2, -0.15) is 0 Å². The van der Waals surface area contributed by atoms with E-state index >= 15 is 0 Å². The van der Waals surface area contributed by atoms with Crippen LogP contribution < -0.4 is 10.2 Å². The summed E-state index contributed by atoms with van der Waals surface area (Å²) in [6.07, 6.45) is 2.37. The van der Waals surface area contributed by atoms with Crippen LogP contribution in [0.5, 0.6) is 0 Å². The first-order valence-corrected chi connectivity index (χ1v) is 7.38. The van der Waals surface area contributed by atoms with E-state index in [9.17, 15) is 0 Å². The number of nitrogens with one attached hydrogen (secondary N) is 1. The molecule has 2 nitrogen and oxygen atoms in total. The Bertz CT molecular complexity index is 470. The van der Waals surface area contributed by atoms with Crippen molar-refractivity contribution in [3.63, 3.8) is 0 Å². The Morgan fingerprint density at radius 3 is 2.33 bits per heavy atom. The maximum absolute atomic E-state index is 5.31. The first-order chi connectivity index (χ1) is 8.28. The second kappa shape index (κ2) is 6.11. The molecule has 0 amide bonds. The summed E-state index contributed by atoms with van der Waals surface area (Å²) in [7, 11) is 2.06. The molecule has 1 aromatic rings. The minimum Gasteiger partial charge on any atom is -0.382 e. The number of hydrogen-bond acceptors (Lipinski definition) is 4. The summed E-state index contributed by atoms with van der Waals surface area (Å²) in [5, 5.41) is 3.45. The second-order valence-electron chi connectivity index (χ2n) is 5.99. The SMILES string of the molecule is CCN(C)c1c(NCCCC(C)(C)C)c(=S)c1=S.[HH]. The standard InChI is InChI=1S/C14H24N2S2.H2/c1-6-16(5)11-10(12(17)13(11)18)15-9-7-8-14(2,3)4;/h15H,6-9H2,1-5H3;1H. The third-order valence-corrected chi connectivity index (χ3v) is 4.08. The van der Waals surface area contributed by atoms with Gasteiger partial charge in [-0.1, -0.05) is 45.2 Å². The molecule has 0 saturated heterocycles. The Labute approximate surface area is 123 Å². The van der Waals surface area contributed by atoms with E-state index in [0.717, 1.165) is 39.9 Å². The maximum Gasteiger partial charge on any atom is 0.0834 e. The molecule has 18 heavy (non-hydrogen) atoms. The summed E-state index contributed by atoms with van der Waals surface area (Å²) in [6.45, 7) is 10.8. The summed E-state index contributed by atoms with van der Waals surface area (Å²) in [5.74, 6) is 0. The fourth-order valence-corrected chi connectivity index (χ4v) is 2.52. The molecular formula is C14H26N2S2. The van der Waals surface area contributed by atoms with E-state index < -0.39 is 0 Å². The van der Waals surface area contributed by atoms with Crippen molar-refractivity contribution in [2.75, 3.05) is 30.4 Å². The molecule has 0 aliphatic rings. The van der Waals surface area contributed by atoms with Gasteiger partial charge in [0.25, 0.3) is 0 Å². The highest BCUT2D eigenvalue weighted by Crippen LogP contribution is 2.35. The van der Waals surface area contributed by atoms with Gasteiger partial charge in [0.15, 0.2) is 0 Å². The average molecular weight is 287 g/mol. The van der Waals surface area contributed by atoms with Crippen LogP contribution in [0.15, 0.2) is 0 Å². The topological polar surface area (TPSA) is 15.3 Å². The first kappa shape index (κ1) is 15.6. The lowest BCUT2D eigenvalue weighted by atomic mass is 9.90. The molecule has 0 atom stereocenters. The monoisotopic (exact) mass is 286 g/mol. The van der Waals surface area contributed by atoms with Gasteiger partial charge in [0.2, 0.25) is 0 Å². The van der Waals surface area contributed by atoms with Crippen molar-refractivity contribution in [2.24, 2.45) is 5.41 Å². The molecule has 0 aromatic heterocycles. The van der Waals surface area contributed by atoms with Crippen molar-refractivity contribution in [2.45, 2.75) is 40.5 Å². The van der Waals surface area contributed by atoms with Crippen LogP contribution in [0.2, 0.25) is 0 Å². The lowest BCUT2D eigenvalue weighted by molar-refractivity contribution is 0.370. The van der Waals surface area contributed by atoms with E-state index in [0.29, 0.717) is 5.41 Å². The molecule has 0 heterocycles. The van der Waals surface area contributed by atoms with Crippen molar-refractivity contribution in [3.8, 4) is 0 Å². The van der Waals surface area contributed by atoms with E-state index in [-0.39, 0.29) is 1.43 Å². The Hall–Kier alpha value is -0.480. The predicted octanol–water partition coefficient (Wildman–Crippen LogP) is 4.96. The third-order valence-electron chi connectivity index (χ3n) is 3.15. The van der Waals surface area contributed by atoms with Crippen LogP contribution in [0.1, 0.15) is 42.0 Å². The van der Waals surface area contributed by atoms with Crippen LogP contribution in [-0.4, -0.2) is 20.1 Å². The molecule has 4 heteroatoms. The van der Waals surface area contributed by atoms with Gasteiger partial charge < -0.3 is 10.2 Å². The molecule has 0 aliphatic heterocycles. The summed E-state index contributed by atoms with van der Waals surface area (Å²) in [5.41, 5.74) is 2.59. The van der Waals surface area contributed by atoms with Crippen LogP contribution in [0, 0.1) is 14.4 Å². The second-order valence-corrected chi connectivity index (χ2v) is 6.80. The van der Waals surface area contributed by atoms with Gasteiger partial charge in [0, 0.05) is 21.6 Å². The van der Waals surface area contributed by atoms with Gasteiger partial charge >= 0.3 is 0 Å². The normalized spacial score (nSPS) is 11.8. The Morgan fingerprint density at radius 1 is 1.22 bits per heavy atom. The van der Waals surface area contributed by atoms with Crippen LogP contribution in [0.4, 0.5) is 11.4 Å². The van der Waals surface area contributed by atoms with Crippen molar-refractivity contribution in [1.29, 1.82) is 0 Å². The van der Waals surface area contributed by atoms with Crippen molar-refractivity contribution >= 4 is 35.8 Å². The highest BCUT2D eigenvalue weighted by molar-refractivity contribution is 7.74. The first-order valence-electron chi connectivity index (χ1n) is 6.56. The number of hydrogen-bond donors (Lipinski definition) is 1. The molecule has 0 spiro atoms. The molecule has 0 radical (unpaired) electrons. The van der Waals surface area contributed by atoms with Crippen molar-refractivity contribution in [1.82, 2.24) is 0 Å². The minimum atomic E-state index is 0. The molecule has 0 bridgehead atoms. The summed E-state index contributed by atoms with van der Waals surface area (Å²) < 4.78 is 1.67. The van der Waals surface area contributed by atoms with Gasteiger partial charge in [-0.15, -0.1) is 0 Å². The Kier molecular flexibility index (Phi) is 5.29. The molecule has 0 unspecified atom stereocenters. The number of nitrogens with zero attached hydrogens (tertiary/aromatic N) is 1. The molecule has 1 rings (SSSR count). The van der Waals surface area contributed by atoms with E-state index in [4.69, 9.17) is 24.4 Å². The fraction of sp³-hybridized carbons (Fsp3) is 0.714. The smallest absolute Gasteiger partial charge is 0.0834 e. The quantitative estimate of drug-likeness (QED) is 0.587. The maximum atomic E-state index is 5.31. The fourth-order valence-electron chi connectivity index (χ4n) is 1.90.